The minimum Gasteiger partial charge on any atom is -0.306 e. The number of carbonyl (C=O) groups is 1. The summed E-state index contributed by atoms with van der Waals surface area (Å²) in [5.74, 6) is -0.000903. The van der Waals surface area contributed by atoms with Gasteiger partial charge in [-0.1, -0.05) is 0 Å². The van der Waals surface area contributed by atoms with Crippen LogP contribution in [0.4, 0.5) is 13.2 Å². The molecule has 0 aromatic rings. The molecule has 0 saturated carbocycles. The Morgan fingerprint density at radius 1 is 1.57 bits per heavy atom. The van der Waals surface area contributed by atoms with Crippen LogP contribution in [0.5, 0.6) is 0 Å². The van der Waals surface area contributed by atoms with Crippen LogP contribution in [-0.2, 0) is 4.79 Å². The molecule has 3 nitrogen and oxygen atoms in total. The van der Waals surface area contributed by atoms with Gasteiger partial charge in [0.15, 0.2) is 5.78 Å². The maximum absolute atomic E-state index is 11.9. The van der Waals surface area contributed by atoms with Crippen LogP contribution in [0.2, 0.25) is 0 Å². The van der Waals surface area contributed by atoms with Crippen LogP contribution in [0, 0.1) is 0 Å². The molecule has 1 aliphatic rings. The van der Waals surface area contributed by atoms with Gasteiger partial charge in [0, 0.05) is 19.5 Å². The van der Waals surface area contributed by atoms with Crippen LogP contribution in [0.15, 0.2) is 0 Å². The molecule has 0 bridgehead atoms. The van der Waals surface area contributed by atoms with E-state index in [-0.39, 0.29) is 12.3 Å². The van der Waals surface area contributed by atoms with Gasteiger partial charge >= 0.3 is 6.18 Å². The quantitative estimate of drug-likeness (QED) is 0.732. The molecule has 6 heteroatoms. The molecule has 1 N–H and O–H groups in total. The van der Waals surface area contributed by atoms with Gasteiger partial charge in [0.25, 0.3) is 0 Å². The lowest BCUT2D eigenvalue weighted by Gasteiger charge is -2.21. The van der Waals surface area contributed by atoms with Gasteiger partial charge < -0.3 is 5.32 Å². The van der Waals surface area contributed by atoms with Crippen molar-refractivity contribution in [1.82, 2.24) is 10.2 Å². The van der Waals surface area contributed by atoms with E-state index >= 15 is 0 Å². The fourth-order valence-electron chi connectivity index (χ4n) is 1.51. The van der Waals surface area contributed by atoms with Crippen LogP contribution in [0.25, 0.3) is 0 Å². The molecule has 0 aliphatic carbocycles. The molecule has 14 heavy (non-hydrogen) atoms. The highest BCUT2D eigenvalue weighted by Gasteiger charge is 2.32. The molecule has 1 fully saturated rings. The number of likely N-dealkylation sites (N-methyl/N-ethyl adjacent to an activating group) is 1. The Kier molecular flexibility index (Phi) is 3.49. The molecule has 82 valence electrons. The fourth-order valence-corrected chi connectivity index (χ4v) is 1.51. The number of halogens is 3. The van der Waals surface area contributed by atoms with Gasteiger partial charge in [0.1, 0.15) is 0 Å². The van der Waals surface area contributed by atoms with Crippen molar-refractivity contribution in [3.8, 4) is 0 Å². The maximum Gasteiger partial charge on any atom is 0.401 e. The Hall–Kier alpha value is -0.620. The Bertz CT molecular complexity index is 217. The zero-order valence-corrected chi connectivity index (χ0v) is 7.90. The monoisotopic (exact) mass is 210 g/mol. The average molecular weight is 210 g/mol. The minimum atomic E-state index is -4.20. The number of alkyl halides is 3. The summed E-state index contributed by atoms with van der Waals surface area (Å²) in [4.78, 5) is 12.2. The van der Waals surface area contributed by atoms with E-state index in [4.69, 9.17) is 0 Å². The third-order valence-corrected chi connectivity index (χ3v) is 2.09. The number of hydrogen-bond donors (Lipinski definition) is 1. The number of rotatable bonds is 3. The summed E-state index contributed by atoms with van der Waals surface area (Å²) in [7, 11) is 1.36. The predicted octanol–water partition coefficient (Wildman–Crippen LogP) is 0.411. The zero-order valence-electron chi connectivity index (χ0n) is 7.90. The lowest BCUT2D eigenvalue weighted by Crippen LogP contribution is -2.42. The van der Waals surface area contributed by atoms with E-state index in [1.807, 2.05) is 0 Å². The molecule has 0 radical (unpaired) electrons. The topological polar surface area (TPSA) is 32.3 Å². The molecule has 0 amide bonds. The van der Waals surface area contributed by atoms with Crippen molar-refractivity contribution in [2.45, 2.75) is 18.6 Å². The first-order chi connectivity index (χ1) is 6.38. The second-order valence-electron chi connectivity index (χ2n) is 3.53. The standard InChI is InChI=1S/C8H13F3N2O/c1-13(5-8(9,10)11)4-6-7(14)2-3-12-6/h6,12H,2-5H2,1H3. The van der Waals surface area contributed by atoms with Crippen LogP contribution >= 0.6 is 0 Å². The van der Waals surface area contributed by atoms with Crippen molar-refractivity contribution in [2.75, 3.05) is 26.7 Å². The third-order valence-electron chi connectivity index (χ3n) is 2.09. The van der Waals surface area contributed by atoms with Gasteiger partial charge in [-0.05, 0) is 7.05 Å². The molecule has 1 saturated heterocycles. The molecular weight excluding hydrogens is 197 g/mol. The summed E-state index contributed by atoms with van der Waals surface area (Å²) in [6.45, 7) is -0.278. The number of Topliss-reactive ketones (excluding diaryl/α,β-unsaturated/α-hetero) is 1. The largest absolute Gasteiger partial charge is 0.401 e. The second kappa shape index (κ2) is 4.27. The molecule has 0 spiro atoms. The predicted molar refractivity (Wildman–Crippen MR) is 45.0 cm³/mol. The second-order valence-corrected chi connectivity index (χ2v) is 3.53. The summed E-state index contributed by atoms with van der Waals surface area (Å²) in [5.41, 5.74) is 0. The van der Waals surface area contributed by atoms with E-state index < -0.39 is 18.8 Å². The molecule has 1 unspecified atom stereocenters. The smallest absolute Gasteiger partial charge is 0.306 e. The minimum absolute atomic E-state index is 0.000903. The van der Waals surface area contributed by atoms with Gasteiger partial charge in [-0.25, -0.2) is 0 Å². The van der Waals surface area contributed by atoms with Crippen molar-refractivity contribution < 1.29 is 18.0 Å². The highest BCUT2D eigenvalue weighted by atomic mass is 19.4. The summed E-state index contributed by atoms with van der Waals surface area (Å²) >= 11 is 0. The number of hydrogen-bond acceptors (Lipinski definition) is 3. The van der Waals surface area contributed by atoms with Gasteiger partial charge in [0.05, 0.1) is 12.6 Å². The summed E-state index contributed by atoms with van der Waals surface area (Å²) in [6, 6.07) is -0.428. The van der Waals surface area contributed by atoms with E-state index in [2.05, 4.69) is 5.32 Å². The van der Waals surface area contributed by atoms with Crippen LogP contribution in [0.1, 0.15) is 6.42 Å². The normalized spacial score (nSPS) is 23.5. The van der Waals surface area contributed by atoms with E-state index in [1.54, 1.807) is 0 Å². The molecule has 0 aromatic carbocycles. The lowest BCUT2D eigenvalue weighted by molar-refractivity contribution is -0.144. The van der Waals surface area contributed by atoms with Gasteiger partial charge in [-0.3, -0.25) is 9.69 Å². The van der Waals surface area contributed by atoms with Crippen LogP contribution in [0.3, 0.4) is 0 Å². The Labute approximate surface area is 80.3 Å². The van der Waals surface area contributed by atoms with E-state index in [9.17, 15) is 18.0 Å². The lowest BCUT2D eigenvalue weighted by atomic mass is 10.2. The maximum atomic E-state index is 11.9. The molecule has 1 aliphatic heterocycles. The van der Waals surface area contributed by atoms with E-state index in [0.717, 1.165) is 4.90 Å². The Morgan fingerprint density at radius 2 is 2.21 bits per heavy atom. The molecule has 1 heterocycles. The molecule has 0 aromatic heterocycles. The number of carbonyl (C=O) groups excluding carboxylic acids is 1. The highest BCUT2D eigenvalue weighted by molar-refractivity contribution is 5.86. The van der Waals surface area contributed by atoms with Crippen LogP contribution < -0.4 is 5.32 Å². The van der Waals surface area contributed by atoms with Crippen LogP contribution in [-0.4, -0.2) is 49.6 Å². The first-order valence-electron chi connectivity index (χ1n) is 4.40. The zero-order chi connectivity index (χ0) is 10.8. The number of ketones is 1. The molecule has 1 rings (SSSR count). The van der Waals surface area contributed by atoms with E-state index in [1.165, 1.54) is 7.05 Å². The first-order valence-corrected chi connectivity index (χ1v) is 4.40. The van der Waals surface area contributed by atoms with Crippen molar-refractivity contribution in [1.29, 1.82) is 0 Å². The van der Waals surface area contributed by atoms with Gasteiger partial charge in [-0.2, -0.15) is 13.2 Å². The first kappa shape index (κ1) is 11.5. The van der Waals surface area contributed by atoms with Crippen molar-refractivity contribution >= 4 is 5.78 Å². The Morgan fingerprint density at radius 3 is 2.64 bits per heavy atom. The Balaban J connectivity index is 2.33. The number of nitrogens with zero attached hydrogens (tertiary/aromatic N) is 1. The number of nitrogens with one attached hydrogen (secondary N) is 1. The third kappa shape index (κ3) is 3.63. The van der Waals surface area contributed by atoms with Gasteiger partial charge in [-0.15, -0.1) is 0 Å². The van der Waals surface area contributed by atoms with Crippen molar-refractivity contribution in [2.24, 2.45) is 0 Å². The van der Waals surface area contributed by atoms with Crippen molar-refractivity contribution in [3.05, 3.63) is 0 Å². The molecule has 1 atom stereocenters. The summed E-state index contributed by atoms with van der Waals surface area (Å²) in [5, 5.41) is 2.86. The summed E-state index contributed by atoms with van der Waals surface area (Å²) < 4.78 is 35.8. The SMILES string of the molecule is CN(CC1NCCC1=O)CC(F)(F)F. The highest BCUT2D eigenvalue weighted by Crippen LogP contribution is 2.16. The average Bonchev–Trinajstić information content (AvgIpc) is 2.32. The molecular formula is C8H13F3N2O. The summed E-state index contributed by atoms with van der Waals surface area (Å²) in [6.07, 6.45) is -3.78. The fraction of sp³-hybridized carbons (Fsp3) is 0.875. The van der Waals surface area contributed by atoms with Gasteiger partial charge in [0.2, 0.25) is 0 Å². The van der Waals surface area contributed by atoms with E-state index in [0.29, 0.717) is 13.0 Å². The van der Waals surface area contributed by atoms with Crippen molar-refractivity contribution in [3.63, 3.8) is 0 Å².